The summed E-state index contributed by atoms with van der Waals surface area (Å²) >= 11 is 0. The van der Waals surface area contributed by atoms with E-state index in [9.17, 15) is 4.79 Å². The highest BCUT2D eigenvalue weighted by atomic mass is 28.4. The summed E-state index contributed by atoms with van der Waals surface area (Å²) in [6, 6.07) is 8.17. The first-order chi connectivity index (χ1) is 14.9. The second-order valence-corrected chi connectivity index (χ2v) is 28.5. The van der Waals surface area contributed by atoms with Crippen molar-refractivity contribution in [2.24, 2.45) is 0 Å². The number of benzene rings is 1. The Balaban J connectivity index is 3.18. The molecular formula is C27H52O4Si3. The molecule has 7 heteroatoms. The highest BCUT2D eigenvalue weighted by Gasteiger charge is 2.45. The van der Waals surface area contributed by atoms with Gasteiger partial charge in [-0.15, -0.1) is 0 Å². The summed E-state index contributed by atoms with van der Waals surface area (Å²) in [5.74, 6) is 0.666. The van der Waals surface area contributed by atoms with Gasteiger partial charge in [0.05, 0.1) is 0 Å². The highest BCUT2D eigenvalue weighted by Crippen LogP contribution is 2.40. The first-order valence-corrected chi connectivity index (χ1v) is 21.3. The van der Waals surface area contributed by atoms with Crippen LogP contribution in [0.5, 0.6) is 5.75 Å². The van der Waals surface area contributed by atoms with Crippen molar-refractivity contribution in [1.82, 2.24) is 0 Å². The van der Waals surface area contributed by atoms with Crippen LogP contribution in [0.1, 0.15) is 67.9 Å². The molecule has 4 nitrogen and oxygen atoms in total. The van der Waals surface area contributed by atoms with E-state index in [1.807, 2.05) is 12.1 Å². The number of rotatable bonds is 8. The minimum absolute atomic E-state index is 0.00334. The van der Waals surface area contributed by atoms with E-state index in [2.05, 4.69) is 114 Å². The van der Waals surface area contributed by atoms with Crippen LogP contribution in [0.3, 0.4) is 0 Å². The summed E-state index contributed by atoms with van der Waals surface area (Å²) in [7, 11) is -6.33. The molecule has 1 aromatic rings. The molecule has 34 heavy (non-hydrogen) atoms. The molecular weight excluding hydrogens is 473 g/mol. The molecule has 1 atom stereocenters. The lowest BCUT2D eigenvalue weighted by molar-refractivity contribution is -0.144. The largest absolute Gasteiger partial charge is 0.544 e. The maximum absolute atomic E-state index is 13.5. The Kier molecular flexibility index (Phi) is 9.36. The van der Waals surface area contributed by atoms with Crippen molar-refractivity contribution in [3.63, 3.8) is 0 Å². The zero-order chi connectivity index (χ0) is 27.0. The average Bonchev–Trinajstić information content (AvgIpc) is 2.59. The molecule has 0 aliphatic carbocycles. The minimum Gasteiger partial charge on any atom is -0.544 e. The molecule has 0 aliphatic rings. The molecule has 0 fully saturated rings. The zero-order valence-corrected chi connectivity index (χ0v) is 27.7. The first kappa shape index (κ1) is 31.1. The van der Waals surface area contributed by atoms with Crippen LogP contribution in [0.4, 0.5) is 0 Å². The molecule has 0 heterocycles. The fourth-order valence-electron chi connectivity index (χ4n) is 2.53. The van der Waals surface area contributed by atoms with Crippen molar-refractivity contribution < 1.29 is 18.1 Å². The topological polar surface area (TPSA) is 44.8 Å². The Bertz CT molecular complexity index is 823. The van der Waals surface area contributed by atoms with E-state index in [4.69, 9.17) is 13.3 Å². The predicted molar refractivity (Wildman–Crippen MR) is 153 cm³/mol. The molecule has 0 N–H and O–H groups in total. The van der Waals surface area contributed by atoms with Crippen LogP contribution in [0, 0.1) is 0 Å². The van der Waals surface area contributed by atoms with Crippen LogP contribution in [0.25, 0.3) is 0 Å². The summed E-state index contributed by atoms with van der Waals surface area (Å²) in [6.45, 7) is 32.9. The number of carbonyl (C=O) groups excluding carboxylic acids is 1. The summed E-state index contributed by atoms with van der Waals surface area (Å²) in [6.07, 6.45) is -0.109. The SMILES string of the molecule is CC(C)(C)[Si](C)(C)OC(=O)C(Cc1ccc(O[Si](C)(C)C(C)(C)C)cc1)O[Si](C)(C)C(C)(C)C. The van der Waals surface area contributed by atoms with E-state index in [1.165, 1.54) is 0 Å². The van der Waals surface area contributed by atoms with E-state index in [0.29, 0.717) is 6.42 Å². The van der Waals surface area contributed by atoms with Crippen molar-refractivity contribution >= 4 is 30.9 Å². The van der Waals surface area contributed by atoms with Gasteiger partial charge in [0.2, 0.25) is 8.32 Å². The van der Waals surface area contributed by atoms with Gasteiger partial charge < -0.3 is 13.3 Å². The van der Waals surface area contributed by atoms with Gasteiger partial charge in [-0.2, -0.15) is 0 Å². The second-order valence-electron chi connectivity index (χ2n) is 14.3. The molecule has 0 spiro atoms. The van der Waals surface area contributed by atoms with Crippen molar-refractivity contribution in [3.8, 4) is 5.75 Å². The molecule has 0 aromatic heterocycles. The van der Waals surface area contributed by atoms with Crippen LogP contribution >= 0.6 is 0 Å². The Hall–Kier alpha value is -0.899. The molecule has 0 aliphatic heterocycles. The Morgan fingerprint density at radius 1 is 0.706 bits per heavy atom. The Morgan fingerprint density at radius 2 is 1.12 bits per heavy atom. The van der Waals surface area contributed by atoms with E-state index in [0.717, 1.165) is 11.3 Å². The summed E-state index contributed by atoms with van der Waals surface area (Å²) in [5, 5.41) is 0.0948. The summed E-state index contributed by atoms with van der Waals surface area (Å²) in [4.78, 5) is 13.5. The molecule has 0 bridgehead atoms. The van der Waals surface area contributed by atoms with Crippen LogP contribution in [0.2, 0.25) is 54.4 Å². The van der Waals surface area contributed by atoms with Gasteiger partial charge >= 0.3 is 5.97 Å². The summed E-state index contributed by atoms with van der Waals surface area (Å²) in [5.41, 5.74) is 1.05. The first-order valence-electron chi connectivity index (χ1n) is 12.6. The molecule has 0 saturated carbocycles. The monoisotopic (exact) mass is 524 g/mol. The van der Waals surface area contributed by atoms with Crippen LogP contribution in [0.15, 0.2) is 24.3 Å². The van der Waals surface area contributed by atoms with Gasteiger partial charge in [0.15, 0.2) is 8.32 Å². The Morgan fingerprint density at radius 3 is 1.50 bits per heavy atom. The molecule has 0 amide bonds. The minimum atomic E-state index is -2.25. The highest BCUT2D eigenvalue weighted by molar-refractivity contribution is 6.76. The third-order valence-electron chi connectivity index (χ3n) is 8.19. The normalized spacial score (nSPS) is 15.1. The summed E-state index contributed by atoms with van der Waals surface area (Å²) < 4.78 is 19.3. The molecule has 0 saturated heterocycles. The lowest BCUT2D eigenvalue weighted by Gasteiger charge is -2.41. The third-order valence-corrected chi connectivity index (χ3v) is 21.4. The maximum atomic E-state index is 13.5. The maximum Gasteiger partial charge on any atom is 0.321 e. The number of hydrogen-bond donors (Lipinski definition) is 0. The van der Waals surface area contributed by atoms with Crippen molar-refractivity contribution in [1.29, 1.82) is 0 Å². The lowest BCUT2D eigenvalue weighted by Crippen LogP contribution is -2.50. The lowest BCUT2D eigenvalue weighted by atomic mass is 10.1. The molecule has 196 valence electrons. The van der Waals surface area contributed by atoms with Gasteiger partial charge in [-0.1, -0.05) is 74.4 Å². The van der Waals surface area contributed by atoms with E-state index >= 15 is 0 Å². The predicted octanol–water partition coefficient (Wildman–Crippen LogP) is 8.55. The van der Waals surface area contributed by atoms with Gasteiger partial charge in [-0.3, -0.25) is 4.79 Å². The van der Waals surface area contributed by atoms with Crippen molar-refractivity contribution in [2.45, 2.75) is 129 Å². The second kappa shape index (κ2) is 10.2. The van der Waals surface area contributed by atoms with Crippen LogP contribution in [-0.2, 0) is 20.1 Å². The third kappa shape index (κ3) is 8.07. The number of carbonyl (C=O) groups is 1. The van der Waals surface area contributed by atoms with Gasteiger partial charge in [0.25, 0.3) is 8.32 Å². The molecule has 0 radical (unpaired) electrons. The van der Waals surface area contributed by atoms with Gasteiger partial charge in [-0.25, -0.2) is 0 Å². The van der Waals surface area contributed by atoms with Crippen LogP contribution < -0.4 is 4.43 Å². The van der Waals surface area contributed by atoms with Gasteiger partial charge in [0.1, 0.15) is 11.9 Å². The van der Waals surface area contributed by atoms with E-state index in [1.54, 1.807) is 0 Å². The van der Waals surface area contributed by atoms with E-state index < -0.39 is 31.1 Å². The molecule has 1 rings (SSSR count). The van der Waals surface area contributed by atoms with Crippen molar-refractivity contribution in [3.05, 3.63) is 29.8 Å². The standard InChI is InChI=1S/C27H52O4Si3/c1-25(2,3)32(10,11)29-22-18-16-21(17-19-22)20-23(30-33(12,13)26(4,5)6)24(28)31-34(14,15)27(7,8)9/h16-19,23H,20H2,1-15H3. The fourth-order valence-corrected chi connectivity index (χ4v) is 5.75. The number of hydrogen-bond acceptors (Lipinski definition) is 4. The smallest absolute Gasteiger partial charge is 0.321 e. The van der Waals surface area contributed by atoms with Gasteiger partial charge in [-0.05, 0) is 72.1 Å². The quantitative estimate of drug-likeness (QED) is 0.319. The van der Waals surface area contributed by atoms with Crippen LogP contribution in [-0.4, -0.2) is 37.0 Å². The van der Waals surface area contributed by atoms with Crippen molar-refractivity contribution in [2.75, 3.05) is 0 Å². The Labute approximate surface area is 213 Å². The zero-order valence-electron chi connectivity index (χ0n) is 24.7. The molecule has 1 unspecified atom stereocenters. The van der Waals surface area contributed by atoms with E-state index in [-0.39, 0.29) is 21.1 Å². The van der Waals surface area contributed by atoms with Gasteiger partial charge in [0, 0.05) is 6.42 Å². The fraction of sp³-hybridized carbons (Fsp3) is 0.741. The average molecular weight is 525 g/mol. The molecule has 1 aromatic carbocycles.